The van der Waals surface area contributed by atoms with Crippen molar-refractivity contribution in [1.29, 1.82) is 0 Å². The monoisotopic (exact) mass is 246 g/mol. The molecule has 18 heavy (non-hydrogen) atoms. The first-order valence-corrected chi connectivity index (χ1v) is 7.22. The van der Waals surface area contributed by atoms with Crippen molar-refractivity contribution in [3.8, 4) is 0 Å². The third-order valence-electron chi connectivity index (χ3n) is 3.99. The van der Waals surface area contributed by atoms with Gasteiger partial charge in [0.05, 0.1) is 0 Å². The Hall–Kier alpha value is -0.860. The van der Waals surface area contributed by atoms with Crippen LogP contribution >= 0.6 is 0 Å². The number of nitrogens with one attached hydrogen (secondary N) is 2. The molecule has 0 radical (unpaired) electrons. The van der Waals surface area contributed by atoms with Gasteiger partial charge in [0, 0.05) is 18.1 Å². The summed E-state index contributed by atoms with van der Waals surface area (Å²) in [5, 5.41) is 7.30. The number of rotatable bonds is 5. The third-order valence-corrected chi connectivity index (χ3v) is 3.99. The predicted molar refractivity (Wildman–Crippen MR) is 77.8 cm³/mol. The molecule has 1 aliphatic heterocycles. The van der Waals surface area contributed by atoms with Crippen molar-refractivity contribution < 1.29 is 0 Å². The number of hydrogen-bond donors (Lipinski definition) is 2. The van der Waals surface area contributed by atoms with Crippen LogP contribution in [0.1, 0.15) is 50.3 Å². The molecule has 2 rings (SSSR count). The van der Waals surface area contributed by atoms with Crippen molar-refractivity contribution in [3.63, 3.8) is 0 Å². The second-order valence-electron chi connectivity index (χ2n) is 5.67. The highest BCUT2D eigenvalue weighted by molar-refractivity contribution is 5.28. The lowest BCUT2D eigenvalue weighted by molar-refractivity contribution is 0.407. The topological polar surface area (TPSA) is 24.1 Å². The first-order chi connectivity index (χ1) is 8.66. The van der Waals surface area contributed by atoms with Gasteiger partial charge in [0.25, 0.3) is 0 Å². The molecule has 2 N–H and O–H groups in total. The molecule has 0 saturated carbocycles. The van der Waals surface area contributed by atoms with Gasteiger partial charge in [0.1, 0.15) is 0 Å². The summed E-state index contributed by atoms with van der Waals surface area (Å²) in [5.41, 5.74) is 2.80. The molecule has 3 atom stereocenters. The van der Waals surface area contributed by atoms with E-state index in [1.54, 1.807) is 0 Å². The zero-order chi connectivity index (χ0) is 13.0. The van der Waals surface area contributed by atoms with Crippen LogP contribution in [0.3, 0.4) is 0 Å². The number of benzene rings is 1. The Bertz CT molecular complexity index is 369. The molecule has 2 unspecified atom stereocenters. The standard InChI is InChI=1S/C16H26N2/c1-12-7-4-5-9-16(12)14(3)18-13(2)11-15-8-6-10-17-15/h4-5,7,9,13-15,17-18H,6,8,10-11H2,1-3H3/t13?,14-,15?/m0/s1. The Kier molecular flexibility index (Phi) is 4.79. The van der Waals surface area contributed by atoms with Crippen LogP contribution in [0.4, 0.5) is 0 Å². The molecule has 0 aliphatic carbocycles. The smallest absolute Gasteiger partial charge is 0.0296 e. The molecule has 0 bridgehead atoms. The molecule has 2 nitrogen and oxygen atoms in total. The first kappa shape index (κ1) is 13.6. The molecule has 1 aromatic carbocycles. The highest BCUT2D eigenvalue weighted by Gasteiger charge is 2.18. The van der Waals surface area contributed by atoms with Crippen molar-refractivity contribution in [2.75, 3.05) is 6.54 Å². The van der Waals surface area contributed by atoms with Gasteiger partial charge in [0.2, 0.25) is 0 Å². The Morgan fingerprint density at radius 2 is 2.11 bits per heavy atom. The normalized spacial score (nSPS) is 22.9. The fraction of sp³-hybridized carbons (Fsp3) is 0.625. The predicted octanol–water partition coefficient (Wildman–Crippen LogP) is 3.18. The summed E-state index contributed by atoms with van der Waals surface area (Å²) >= 11 is 0. The highest BCUT2D eigenvalue weighted by Crippen LogP contribution is 2.19. The second-order valence-corrected chi connectivity index (χ2v) is 5.67. The average Bonchev–Trinajstić information content (AvgIpc) is 2.82. The molecular weight excluding hydrogens is 220 g/mol. The van der Waals surface area contributed by atoms with Crippen LogP contribution in [0.5, 0.6) is 0 Å². The maximum atomic E-state index is 3.72. The van der Waals surface area contributed by atoms with Gasteiger partial charge in [-0.15, -0.1) is 0 Å². The lowest BCUT2D eigenvalue weighted by Crippen LogP contribution is -2.35. The maximum Gasteiger partial charge on any atom is 0.0296 e. The van der Waals surface area contributed by atoms with E-state index >= 15 is 0 Å². The fourth-order valence-electron chi connectivity index (χ4n) is 3.04. The third kappa shape index (κ3) is 3.56. The summed E-state index contributed by atoms with van der Waals surface area (Å²) in [5.74, 6) is 0. The van der Waals surface area contributed by atoms with E-state index in [1.807, 2.05) is 0 Å². The maximum absolute atomic E-state index is 3.72. The zero-order valence-electron chi connectivity index (χ0n) is 11.9. The minimum atomic E-state index is 0.433. The van der Waals surface area contributed by atoms with Crippen molar-refractivity contribution >= 4 is 0 Å². The molecule has 100 valence electrons. The van der Waals surface area contributed by atoms with E-state index in [-0.39, 0.29) is 0 Å². The van der Waals surface area contributed by atoms with E-state index in [4.69, 9.17) is 0 Å². The molecule has 1 aliphatic rings. The van der Waals surface area contributed by atoms with Crippen LogP contribution in [0.25, 0.3) is 0 Å². The van der Waals surface area contributed by atoms with Crippen LogP contribution in [0.2, 0.25) is 0 Å². The van der Waals surface area contributed by atoms with E-state index < -0.39 is 0 Å². The Labute approximate surface area is 111 Å². The molecule has 0 spiro atoms. The van der Waals surface area contributed by atoms with Gasteiger partial charge in [0.15, 0.2) is 0 Å². The summed E-state index contributed by atoms with van der Waals surface area (Å²) in [6, 6.07) is 10.4. The lowest BCUT2D eigenvalue weighted by atomic mass is 10.0. The fourth-order valence-corrected chi connectivity index (χ4v) is 3.04. The largest absolute Gasteiger partial charge is 0.314 e. The lowest BCUT2D eigenvalue weighted by Gasteiger charge is -2.24. The van der Waals surface area contributed by atoms with E-state index in [9.17, 15) is 0 Å². The number of hydrogen-bond acceptors (Lipinski definition) is 2. The van der Waals surface area contributed by atoms with Gasteiger partial charge >= 0.3 is 0 Å². The molecule has 2 heteroatoms. The summed E-state index contributed by atoms with van der Waals surface area (Å²) in [4.78, 5) is 0. The van der Waals surface area contributed by atoms with Gasteiger partial charge in [-0.3, -0.25) is 0 Å². The SMILES string of the molecule is Cc1ccccc1[C@H](C)NC(C)CC1CCCN1. The molecule has 1 aromatic rings. The van der Waals surface area contributed by atoms with Crippen LogP contribution in [-0.2, 0) is 0 Å². The molecule has 1 heterocycles. The van der Waals surface area contributed by atoms with Crippen molar-refractivity contribution in [3.05, 3.63) is 35.4 Å². The Balaban J connectivity index is 1.86. The number of aryl methyl sites for hydroxylation is 1. The molecule has 0 amide bonds. The van der Waals surface area contributed by atoms with Crippen molar-refractivity contribution in [2.24, 2.45) is 0 Å². The van der Waals surface area contributed by atoms with Crippen LogP contribution in [-0.4, -0.2) is 18.6 Å². The summed E-state index contributed by atoms with van der Waals surface area (Å²) in [6.07, 6.45) is 3.91. The molecule has 1 saturated heterocycles. The van der Waals surface area contributed by atoms with Gasteiger partial charge in [-0.1, -0.05) is 24.3 Å². The van der Waals surface area contributed by atoms with Crippen LogP contribution in [0.15, 0.2) is 24.3 Å². The van der Waals surface area contributed by atoms with Gasteiger partial charge in [-0.2, -0.15) is 0 Å². The van der Waals surface area contributed by atoms with E-state index in [1.165, 1.54) is 36.9 Å². The molecule has 1 fully saturated rings. The summed E-state index contributed by atoms with van der Waals surface area (Å²) in [7, 11) is 0. The summed E-state index contributed by atoms with van der Waals surface area (Å²) < 4.78 is 0. The van der Waals surface area contributed by atoms with Gasteiger partial charge in [-0.25, -0.2) is 0 Å². The first-order valence-electron chi connectivity index (χ1n) is 7.22. The van der Waals surface area contributed by atoms with E-state index in [0.29, 0.717) is 12.1 Å². The second kappa shape index (κ2) is 6.35. The van der Waals surface area contributed by atoms with E-state index in [2.05, 4.69) is 55.7 Å². The van der Waals surface area contributed by atoms with Crippen molar-refractivity contribution in [1.82, 2.24) is 10.6 Å². The summed E-state index contributed by atoms with van der Waals surface area (Å²) in [6.45, 7) is 7.96. The Morgan fingerprint density at radius 3 is 2.78 bits per heavy atom. The van der Waals surface area contributed by atoms with Gasteiger partial charge in [-0.05, 0) is 57.7 Å². The van der Waals surface area contributed by atoms with Crippen LogP contribution < -0.4 is 10.6 Å². The average molecular weight is 246 g/mol. The zero-order valence-corrected chi connectivity index (χ0v) is 11.9. The Morgan fingerprint density at radius 1 is 1.33 bits per heavy atom. The van der Waals surface area contributed by atoms with Gasteiger partial charge < -0.3 is 10.6 Å². The van der Waals surface area contributed by atoms with Crippen LogP contribution in [0, 0.1) is 6.92 Å². The molecule has 0 aromatic heterocycles. The molecular formula is C16H26N2. The van der Waals surface area contributed by atoms with Crippen molar-refractivity contribution in [2.45, 2.75) is 58.2 Å². The van der Waals surface area contributed by atoms with E-state index in [0.717, 1.165) is 6.04 Å². The minimum absolute atomic E-state index is 0.433. The minimum Gasteiger partial charge on any atom is -0.314 e. The quantitative estimate of drug-likeness (QED) is 0.834. The highest BCUT2D eigenvalue weighted by atomic mass is 15.0.